The highest BCUT2D eigenvalue weighted by Crippen LogP contribution is 2.53. The predicted molar refractivity (Wildman–Crippen MR) is 95.5 cm³/mol. The van der Waals surface area contributed by atoms with Crippen LogP contribution in [0.2, 0.25) is 16.6 Å². The summed E-state index contributed by atoms with van der Waals surface area (Å²) < 4.78 is 7.14. The van der Waals surface area contributed by atoms with Gasteiger partial charge in [-0.1, -0.05) is 53.2 Å². The smallest absolute Gasteiger partial charge is 0.201 e. The first-order valence-electron chi connectivity index (χ1n) is 9.04. The molecule has 3 aliphatic rings. The van der Waals surface area contributed by atoms with E-state index in [0.29, 0.717) is 22.5 Å². The molecule has 0 aliphatic heterocycles. The highest BCUT2D eigenvalue weighted by atomic mass is 28.4. The maximum absolute atomic E-state index is 11.8. The van der Waals surface area contributed by atoms with Crippen molar-refractivity contribution in [2.24, 2.45) is 11.8 Å². The Hall–Kier alpha value is -0.413. The normalized spacial score (nSPS) is 32.0. The van der Waals surface area contributed by atoms with Crippen molar-refractivity contribution in [3.63, 3.8) is 0 Å². The number of carbonyl (C=O) groups excluding carboxylic acids is 1. The fourth-order valence-corrected chi connectivity index (χ4v) is 11.0. The van der Waals surface area contributed by atoms with Crippen LogP contribution in [0.5, 0.6) is 0 Å². The summed E-state index contributed by atoms with van der Waals surface area (Å²) in [5.74, 6) is 0.659. The van der Waals surface area contributed by atoms with E-state index >= 15 is 0 Å². The predicted octanol–water partition coefficient (Wildman–Crippen LogP) is 5.49. The lowest BCUT2D eigenvalue weighted by molar-refractivity contribution is -0.121. The van der Waals surface area contributed by atoms with Crippen LogP contribution in [0.3, 0.4) is 0 Å². The first-order valence-corrected chi connectivity index (χ1v) is 11.2. The lowest BCUT2D eigenvalue weighted by atomic mass is 9.64. The lowest BCUT2D eigenvalue weighted by Gasteiger charge is -2.55. The number of hydrogen-bond donors (Lipinski definition) is 0. The van der Waals surface area contributed by atoms with Gasteiger partial charge in [0.1, 0.15) is 6.29 Å². The van der Waals surface area contributed by atoms with Gasteiger partial charge in [0, 0.05) is 5.92 Å². The third-order valence-corrected chi connectivity index (χ3v) is 12.6. The van der Waals surface area contributed by atoms with Crippen LogP contribution in [0.15, 0.2) is 11.6 Å². The Kier molecular flexibility index (Phi) is 5.08. The zero-order valence-electron chi connectivity index (χ0n) is 15.5. The van der Waals surface area contributed by atoms with E-state index in [9.17, 15) is 4.79 Å². The molecule has 0 aromatic heterocycles. The maximum Gasteiger partial charge on any atom is 0.201 e. The van der Waals surface area contributed by atoms with Gasteiger partial charge in [-0.25, -0.2) is 0 Å². The second kappa shape index (κ2) is 6.24. The van der Waals surface area contributed by atoms with Gasteiger partial charge < -0.3 is 9.22 Å². The van der Waals surface area contributed by atoms with Crippen LogP contribution in [0.4, 0.5) is 0 Å². The van der Waals surface area contributed by atoms with Crippen LogP contribution in [-0.4, -0.2) is 20.2 Å². The zero-order chi connectivity index (χ0) is 16.7. The van der Waals surface area contributed by atoms with Crippen molar-refractivity contribution >= 4 is 14.6 Å². The van der Waals surface area contributed by atoms with Gasteiger partial charge in [0.05, 0.1) is 5.60 Å². The van der Waals surface area contributed by atoms with Crippen molar-refractivity contribution < 1.29 is 9.22 Å². The van der Waals surface area contributed by atoms with Crippen LogP contribution in [-0.2, 0) is 9.22 Å². The van der Waals surface area contributed by atoms with E-state index < -0.39 is 8.32 Å². The molecule has 0 spiro atoms. The summed E-state index contributed by atoms with van der Waals surface area (Å²) in [6, 6.07) is 0. The second-order valence-electron chi connectivity index (χ2n) is 8.48. The van der Waals surface area contributed by atoms with Gasteiger partial charge in [-0.3, -0.25) is 0 Å². The summed E-state index contributed by atoms with van der Waals surface area (Å²) in [7, 11) is -1.97. The molecule has 0 N–H and O–H groups in total. The largest absolute Gasteiger partial charge is 0.406 e. The van der Waals surface area contributed by atoms with E-state index in [1.807, 2.05) is 0 Å². The molecule has 0 unspecified atom stereocenters. The molecule has 1 saturated carbocycles. The molecular formula is C19H34O2Si. The van der Waals surface area contributed by atoms with Crippen LogP contribution >= 0.6 is 0 Å². The Bertz CT molecular complexity index is 431. The van der Waals surface area contributed by atoms with Crippen molar-refractivity contribution in [3.8, 4) is 0 Å². The molecule has 3 heteroatoms. The van der Waals surface area contributed by atoms with Crippen molar-refractivity contribution in [1.82, 2.24) is 0 Å². The number of allylic oxidation sites excluding steroid dienone is 1. The second-order valence-corrected chi connectivity index (χ2v) is 13.9. The van der Waals surface area contributed by atoms with Gasteiger partial charge >= 0.3 is 0 Å². The minimum absolute atomic E-state index is 0.0538. The fraction of sp³-hybridized carbons (Fsp3) is 0.842. The van der Waals surface area contributed by atoms with Crippen LogP contribution in [0, 0.1) is 11.8 Å². The molecule has 22 heavy (non-hydrogen) atoms. The summed E-state index contributed by atoms with van der Waals surface area (Å²) in [5.41, 5.74) is 2.81. The number of carbonyl (C=O) groups is 1. The zero-order valence-corrected chi connectivity index (χ0v) is 16.5. The highest BCUT2D eigenvalue weighted by Gasteiger charge is 2.55. The maximum atomic E-state index is 11.8. The van der Waals surface area contributed by atoms with Gasteiger partial charge in [0.25, 0.3) is 0 Å². The summed E-state index contributed by atoms with van der Waals surface area (Å²) in [4.78, 5) is 11.8. The first-order chi connectivity index (χ1) is 10.2. The monoisotopic (exact) mass is 322 g/mol. The van der Waals surface area contributed by atoms with E-state index in [0.717, 1.165) is 12.8 Å². The van der Waals surface area contributed by atoms with Gasteiger partial charge in [-0.15, -0.1) is 0 Å². The molecule has 0 heterocycles. The topological polar surface area (TPSA) is 26.3 Å². The molecule has 0 aromatic rings. The molecule has 0 radical (unpaired) electrons. The molecule has 0 amide bonds. The molecular weight excluding hydrogens is 288 g/mol. The Morgan fingerprint density at radius 2 is 1.73 bits per heavy atom. The van der Waals surface area contributed by atoms with E-state index in [4.69, 9.17) is 4.43 Å². The van der Waals surface area contributed by atoms with Crippen molar-refractivity contribution in [2.75, 3.05) is 0 Å². The standard InChI is InChI=1S/C19H34O2Si/c1-13(2)22(14(3)4,15(5)6)21-19-9-8-17(16(7)11-19)10-18(19)12-20/h11-15,17-18H,8-10H2,1-7H3/t17-,18+,19+/m1/s1. The van der Waals surface area contributed by atoms with E-state index in [1.165, 1.54) is 18.3 Å². The molecule has 3 atom stereocenters. The number of fused-ring (bicyclic) bond motifs is 2. The number of hydrogen-bond acceptors (Lipinski definition) is 2. The Labute approximate surface area is 137 Å². The van der Waals surface area contributed by atoms with Crippen LogP contribution in [0.1, 0.15) is 67.7 Å². The Morgan fingerprint density at radius 1 is 1.18 bits per heavy atom. The molecule has 3 aliphatic carbocycles. The molecule has 1 fully saturated rings. The van der Waals surface area contributed by atoms with E-state index in [1.54, 1.807) is 0 Å². The minimum atomic E-state index is -1.97. The van der Waals surface area contributed by atoms with E-state index in [2.05, 4.69) is 54.5 Å². The molecule has 126 valence electrons. The minimum Gasteiger partial charge on any atom is -0.406 e. The number of aldehydes is 1. The third-order valence-electron chi connectivity index (χ3n) is 6.40. The van der Waals surface area contributed by atoms with Gasteiger partial charge in [-0.05, 0) is 48.7 Å². The molecule has 2 nitrogen and oxygen atoms in total. The van der Waals surface area contributed by atoms with Crippen LogP contribution < -0.4 is 0 Å². The summed E-state index contributed by atoms with van der Waals surface area (Å²) >= 11 is 0. The number of rotatable bonds is 6. The average Bonchev–Trinajstić information content (AvgIpc) is 2.44. The molecule has 0 aromatic carbocycles. The lowest BCUT2D eigenvalue weighted by Crippen LogP contribution is -2.59. The molecule has 2 bridgehead atoms. The SMILES string of the molecule is CC1=C[C@@]2(O[Si](C(C)C)(C(C)C)C(C)C)CC[C@@H]1C[C@H]2C=O. The summed E-state index contributed by atoms with van der Waals surface area (Å²) in [6.07, 6.45) is 6.71. The van der Waals surface area contributed by atoms with Crippen molar-refractivity contribution in [3.05, 3.63) is 11.6 Å². The van der Waals surface area contributed by atoms with Gasteiger partial charge in [-0.2, -0.15) is 0 Å². The summed E-state index contributed by atoms with van der Waals surface area (Å²) in [6.45, 7) is 16.2. The van der Waals surface area contributed by atoms with Gasteiger partial charge in [0.2, 0.25) is 8.32 Å². The molecule has 0 saturated heterocycles. The Balaban J connectivity index is 2.47. The Morgan fingerprint density at radius 3 is 2.14 bits per heavy atom. The quantitative estimate of drug-likeness (QED) is 0.367. The highest BCUT2D eigenvalue weighted by molar-refractivity contribution is 6.77. The fourth-order valence-electron chi connectivity index (χ4n) is 5.31. The third kappa shape index (κ3) is 2.64. The van der Waals surface area contributed by atoms with Gasteiger partial charge in [0.15, 0.2) is 0 Å². The van der Waals surface area contributed by atoms with Crippen LogP contribution in [0.25, 0.3) is 0 Å². The molecule has 3 rings (SSSR count). The van der Waals surface area contributed by atoms with Crippen molar-refractivity contribution in [2.45, 2.75) is 90.0 Å². The van der Waals surface area contributed by atoms with Crippen molar-refractivity contribution in [1.29, 1.82) is 0 Å². The van der Waals surface area contributed by atoms with E-state index in [-0.39, 0.29) is 11.5 Å². The first kappa shape index (κ1) is 17.9. The average molecular weight is 323 g/mol. The summed E-state index contributed by atoms with van der Waals surface area (Å²) in [5, 5.41) is 0.